The van der Waals surface area contributed by atoms with E-state index in [1.807, 2.05) is 19.0 Å². The summed E-state index contributed by atoms with van der Waals surface area (Å²) < 4.78 is 32.7. The summed E-state index contributed by atoms with van der Waals surface area (Å²) in [5, 5.41) is 14.2. The third-order valence-corrected chi connectivity index (χ3v) is 6.19. The lowest BCUT2D eigenvalue weighted by Gasteiger charge is -2.27. The van der Waals surface area contributed by atoms with Crippen molar-refractivity contribution < 1.29 is 18.1 Å². The standard InChI is InChI=1S/C17H21N5O5S/c1-20(2)17-6-3-13(12-18-17)19-15-5-4-14(22(23)24)11-16(15)28(25,26)21-7-9-27-10-8-21/h3-6,11-12,19H,7-10H2,1-2H3. The van der Waals surface area contributed by atoms with Crippen molar-refractivity contribution >= 4 is 32.9 Å². The van der Waals surface area contributed by atoms with Crippen molar-refractivity contribution in [2.24, 2.45) is 0 Å². The highest BCUT2D eigenvalue weighted by molar-refractivity contribution is 7.89. The topological polar surface area (TPSA) is 118 Å². The molecule has 1 saturated heterocycles. The number of hydrogen-bond donors (Lipinski definition) is 1. The largest absolute Gasteiger partial charge is 0.379 e. The highest BCUT2D eigenvalue weighted by Crippen LogP contribution is 2.31. The lowest BCUT2D eigenvalue weighted by molar-refractivity contribution is -0.385. The first-order valence-corrected chi connectivity index (χ1v) is 10.00. The Balaban J connectivity index is 1.99. The van der Waals surface area contributed by atoms with E-state index in [-0.39, 0.29) is 42.6 Å². The molecule has 11 heteroatoms. The molecule has 0 unspecified atom stereocenters. The summed E-state index contributed by atoms with van der Waals surface area (Å²) in [4.78, 5) is 16.5. The van der Waals surface area contributed by atoms with Crippen LogP contribution in [0.4, 0.5) is 22.9 Å². The Bertz CT molecular complexity index is 956. The van der Waals surface area contributed by atoms with Gasteiger partial charge < -0.3 is 15.0 Å². The first-order chi connectivity index (χ1) is 13.3. The summed E-state index contributed by atoms with van der Waals surface area (Å²) in [6.45, 7) is 0.965. The van der Waals surface area contributed by atoms with Gasteiger partial charge in [-0.15, -0.1) is 0 Å². The zero-order chi connectivity index (χ0) is 20.3. The fraction of sp³-hybridized carbons (Fsp3) is 0.353. The molecule has 1 N–H and O–H groups in total. The Hall–Kier alpha value is -2.76. The van der Waals surface area contributed by atoms with E-state index in [2.05, 4.69) is 10.3 Å². The molecule has 10 nitrogen and oxygen atoms in total. The lowest BCUT2D eigenvalue weighted by atomic mass is 10.2. The van der Waals surface area contributed by atoms with Gasteiger partial charge in [-0.05, 0) is 18.2 Å². The molecule has 1 aromatic carbocycles. The number of nitrogens with one attached hydrogen (secondary N) is 1. The number of non-ortho nitro benzene ring substituents is 1. The number of nitrogens with zero attached hydrogens (tertiary/aromatic N) is 4. The molecule has 150 valence electrons. The molecule has 0 aliphatic carbocycles. The van der Waals surface area contributed by atoms with Crippen LogP contribution < -0.4 is 10.2 Å². The van der Waals surface area contributed by atoms with Gasteiger partial charge in [-0.3, -0.25) is 10.1 Å². The van der Waals surface area contributed by atoms with Crippen molar-refractivity contribution in [1.29, 1.82) is 0 Å². The van der Waals surface area contributed by atoms with Gasteiger partial charge in [0.15, 0.2) is 0 Å². The SMILES string of the molecule is CN(C)c1ccc(Nc2ccc([N+](=O)[O-])cc2S(=O)(=O)N2CCOCC2)cn1. The molecule has 28 heavy (non-hydrogen) atoms. The molecule has 3 rings (SSSR count). The number of morpholine rings is 1. The fourth-order valence-corrected chi connectivity index (χ4v) is 4.32. The number of ether oxygens (including phenoxy) is 1. The second kappa shape index (κ2) is 8.09. The van der Waals surface area contributed by atoms with Crippen molar-refractivity contribution in [1.82, 2.24) is 9.29 Å². The van der Waals surface area contributed by atoms with E-state index < -0.39 is 14.9 Å². The predicted octanol–water partition coefficient (Wildman–Crippen LogP) is 1.82. The van der Waals surface area contributed by atoms with Gasteiger partial charge in [-0.1, -0.05) is 0 Å². The van der Waals surface area contributed by atoms with Crippen LogP contribution in [-0.4, -0.2) is 63.0 Å². The minimum atomic E-state index is -3.93. The first-order valence-electron chi connectivity index (χ1n) is 8.56. The third-order valence-electron chi connectivity index (χ3n) is 4.25. The Morgan fingerprint density at radius 2 is 1.93 bits per heavy atom. The molecule has 0 amide bonds. The van der Waals surface area contributed by atoms with Crippen LogP contribution in [-0.2, 0) is 14.8 Å². The summed E-state index contributed by atoms with van der Waals surface area (Å²) >= 11 is 0. The number of nitro groups is 1. The van der Waals surface area contributed by atoms with E-state index in [1.54, 1.807) is 18.3 Å². The zero-order valence-corrected chi connectivity index (χ0v) is 16.3. The maximum absolute atomic E-state index is 13.1. The molecule has 0 saturated carbocycles. The molecule has 1 fully saturated rings. The monoisotopic (exact) mass is 407 g/mol. The van der Waals surface area contributed by atoms with Crippen molar-refractivity contribution in [3.8, 4) is 0 Å². The second-order valence-corrected chi connectivity index (χ2v) is 8.28. The van der Waals surface area contributed by atoms with Crippen LogP contribution in [0.1, 0.15) is 0 Å². The smallest absolute Gasteiger partial charge is 0.270 e. The molecule has 1 aliphatic rings. The van der Waals surface area contributed by atoms with E-state index in [1.165, 1.54) is 16.4 Å². The Morgan fingerprint density at radius 1 is 1.21 bits per heavy atom. The second-order valence-electron chi connectivity index (χ2n) is 6.38. The van der Waals surface area contributed by atoms with E-state index in [4.69, 9.17) is 4.74 Å². The number of hydrogen-bond acceptors (Lipinski definition) is 8. The number of sulfonamides is 1. The van der Waals surface area contributed by atoms with Crippen molar-refractivity contribution in [3.05, 3.63) is 46.6 Å². The average molecular weight is 407 g/mol. The number of anilines is 3. The van der Waals surface area contributed by atoms with Crippen LogP contribution in [0.2, 0.25) is 0 Å². The maximum Gasteiger partial charge on any atom is 0.270 e. The molecule has 2 heterocycles. The molecule has 0 spiro atoms. The van der Waals surface area contributed by atoms with Gasteiger partial charge in [-0.2, -0.15) is 4.31 Å². The van der Waals surface area contributed by atoms with Crippen molar-refractivity contribution in [2.75, 3.05) is 50.6 Å². The number of rotatable bonds is 6. The van der Waals surface area contributed by atoms with Crippen molar-refractivity contribution in [2.45, 2.75) is 4.90 Å². The molecule has 1 aromatic heterocycles. The summed E-state index contributed by atoms with van der Waals surface area (Å²) in [6, 6.07) is 7.28. The number of benzene rings is 1. The van der Waals surface area contributed by atoms with Gasteiger partial charge in [0.1, 0.15) is 10.7 Å². The highest BCUT2D eigenvalue weighted by Gasteiger charge is 2.30. The highest BCUT2D eigenvalue weighted by atomic mass is 32.2. The maximum atomic E-state index is 13.1. The van der Waals surface area contributed by atoms with Gasteiger partial charge in [0.2, 0.25) is 10.0 Å². The minimum absolute atomic E-state index is 0.153. The number of aromatic nitrogens is 1. The summed E-state index contributed by atoms with van der Waals surface area (Å²) in [6.07, 6.45) is 1.57. The Kier molecular flexibility index (Phi) is 5.77. The van der Waals surface area contributed by atoms with Crippen LogP contribution in [0.15, 0.2) is 41.4 Å². The third kappa shape index (κ3) is 4.21. The Labute approximate surface area is 162 Å². The van der Waals surface area contributed by atoms with Crippen LogP contribution in [0.3, 0.4) is 0 Å². The van der Waals surface area contributed by atoms with Gasteiger partial charge in [-0.25, -0.2) is 13.4 Å². The van der Waals surface area contributed by atoms with E-state index >= 15 is 0 Å². The molecular formula is C17H21N5O5S. The molecule has 1 aliphatic heterocycles. The first kappa shape index (κ1) is 20.0. The number of nitro benzene ring substituents is 1. The van der Waals surface area contributed by atoms with E-state index in [0.29, 0.717) is 5.69 Å². The van der Waals surface area contributed by atoms with Gasteiger partial charge in [0, 0.05) is 39.3 Å². The van der Waals surface area contributed by atoms with Gasteiger partial charge >= 0.3 is 0 Å². The summed E-state index contributed by atoms with van der Waals surface area (Å²) in [7, 11) is -0.213. The normalized spacial score (nSPS) is 15.2. The Morgan fingerprint density at radius 3 is 2.50 bits per heavy atom. The zero-order valence-electron chi connectivity index (χ0n) is 15.5. The average Bonchev–Trinajstić information content (AvgIpc) is 2.69. The molecular weight excluding hydrogens is 386 g/mol. The van der Waals surface area contributed by atoms with Crippen LogP contribution in [0.25, 0.3) is 0 Å². The van der Waals surface area contributed by atoms with Gasteiger partial charge in [0.05, 0.1) is 35.7 Å². The molecule has 0 atom stereocenters. The molecule has 0 bridgehead atoms. The van der Waals surface area contributed by atoms with E-state index in [9.17, 15) is 18.5 Å². The quantitative estimate of drug-likeness (QED) is 0.569. The van der Waals surface area contributed by atoms with Crippen LogP contribution >= 0.6 is 0 Å². The molecule has 0 radical (unpaired) electrons. The lowest BCUT2D eigenvalue weighted by Crippen LogP contribution is -2.40. The van der Waals surface area contributed by atoms with Crippen molar-refractivity contribution in [3.63, 3.8) is 0 Å². The van der Waals surface area contributed by atoms with Gasteiger partial charge in [0.25, 0.3) is 5.69 Å². The summed E-state index contributed by atoms with van der Waals surface area (Å²) in [5.74, 6) is 0.746. The van der Waals surface area contributed by atoms with E-state index in [0.717, 1.165) is 11.9 Å². The van der Waals surface area contributed by atoms with Crippen LogP contribution in [0.5, 0.6) is 0 Å². The minimum Gasteiger partial charge on any atom is -0.379 e. The molecule has 2 aromatic rings. The predicted molar refractivity (Wildman–Crippen MR) is 105 cm³/mol. The van der Waals surface area contributed by atoms with Crippen LogP contribution in [0, 0.1) is 10.1 Å². The fourth-order valence-electron chi connectivity index (χ4n) is 2.75. The summed E-state index contributed by atoms with van der Waals surface area (Å²) in [5.41, 5.74) is 0.521. The number of pyridine rings is 1.